The zero-order chi connectivity index (χ0) is 15.6. The van der Waals surface area contributed by atoms with Crippen molar-refractivity contribution in [3.05, 3.63) is 64.0 Å². The van der Waals surface area contributed by atoms with E-state index in [1.54, 1.807) is 38.1 Å². The van der Waals surface area contributed by atoms with Gasteiger partial charge in [0.1, 0.15) is 5.82 Å². The van der Waals surface area contributed by atoms with Gasteiger partial charge < -0.3 is 10.4 Å². The molecule has 0 radical (unpaired) electrons. The first-order valence-electron chi connectivity index (χ1n) is 6.72. The zero-order valence-corrected chi connectivity index (χ0v) is 12.3. The Labute approximate surface area is 123 Å². The van der Waals surface area contributed by atoms with Crippen molar-refractivity contribution >= 4 is 11.7 Å². The Hall–Kier alpha value is -2.36. The molecule has 0 bridgehead atoms. The van der Waals surface area contributed by atoms with Gasteiger partial charge in [-0.25, -0.2) is 9.18 Å². The summed E-state index contributed by atoms with van der Waals surface area (Å²) >= 11 is 0. The second kappa shape index (κ2) is 5.95. The number of halogens is 1. The molecule has 0 unspecified atom stereocenters. The molecule has 0 heterocycles. The van der Waals surface area contributed by atoms with Crippen LogP contribution in [0.15, 0.2) is 30.3 Å². The van der Waals surface area contributed by atoms with Crippen molar-refractivity contribution in [1.29, 1.82) is 0 Å². The van der Waals surface area contributed by atoms with Gasteiger partial charge in [0.15, 0.2) is 0 Å². The summed E-state index contributed by atoms with van der Waals surface area (Å²) in [5.74, 6) is -1.16. The van der Waals surface area contributed by atoms with Crippen LogP contribution in [0, 0.1) is 26.6 Å². The minimum atomic E-state index is -0.965. The molecule has 2 aromatic rings. The summed E-state index contributed by atoms with van der Waals surface area (Å²) in [6.07, 6.45) is 0. The van der Waals surface area contributed by atoms with Crippen molar-refractivity contribution < 1.29 is 14.3 Å². The molecule has 0 atom stereocenters. The molecular formula is C17H18FNO2. The molecule has 3 nitrogen and oxygen atoms in total. The van der Waals surface area contributed by atoms with Crippen LogP contribution in [-0.4, -0.2) is 11.1 Å². The predicted molar refractivity (Wildman–Crippen MR) is 81.3 cm³/mol. The van der Waals surface area contributed by atoms with Gasteiger partial charge in [0.25, 0.3) is 0 Å². The topological polar surface area (TPSA) is 49.3 Å². The number of carboxylic acids is 1. The second-order valence-corrected chi connectivity index (χ2v) is 5.25. The summed E-state index contributed by atoms with van der Waals surface area (Å²) in [6, 6.07) is 8.78. The molecule has 110 valence electrons. The summed E-state index contributed by atoms with van der Waals surface area (Å²) < 4.78 is 13.6. The molecule has 0 aliphatic heterocycles. The van der Waals surface area contributed by atoms with Crippen LogP contribution in [0.1, 0.15) is 32.6 Å². The molecule has 0 saturated carbocycles. The highest BCUT2D eigenvalue weighted by atomic mass is 19.1. The van der Waals surface area contributed by atoms with Crippen LogP contribution in [0.2, 0.25) is 0 Å². The lowest BCUT2D eigenvalue weighted by Gasteiger charge is -2.12. The second-order valence-electron chi connectivity index (χ2n) is 5.25. The van der Waals surface area contributed by atoms with Crippen LogP contribution in [0.5, 0.6) is 0 Å². The van der Waals surface area contributed by atoms with E-state index in [9.17, 15) is 14.3 Å². The summed E-state index contributed by atoms with van der Waals surface area (Å²) in [7, 11) is 0. The summed E-state index contributed by atoms with van der Waals surface area (Å²) in [5, 5.41) is 12.3. The number of carboxylic acid groups (broad SMARTS) is 1. The monoisotopic (exact) mass is 287 g/mol. The van der Waals surface area contributed by atoms with Crippen molar-refractivity contribution in [2.24, 2.45) is 0 Å². The van der Waals surface area contributed by atoms with E-state index >= 15 is 0 Å². The van der Waals surface area contributed by atoms with E-state index in [-0.39, 0.29) is 11.4 Å². The number of nitrogens with one attached hydrogen (secondary N) is 1. The molecule has 4 heteroatoms. The van der Waals surface area contributed by atoms with Gasteiger partial charge in [0, 0.05) is 12.2 Å². The van der Waals surface area contributed by atoms with Crippen molar-refractivity contribution in [2.75, 3.05) is 5.32 Å². The summed E-state index contributed by atoms with van der Waals surface area (Å²) in [5.41, 5.74) is 3.80. The molecule has 0 spiro atoms. The maximum Gasteiger partial charge on any atom is 0.337 e. The maximum atomic E-state index is 13.6. The first kappa shape index (κ1) is 15.0. The Morgan fingerprint density at radius 2 is 1.76 bits per heavy atom. The third-order valence-electron chi connectivity index (χ3n) is 3.38. The number of anilines is 1. The Kier molecular flexibility index (Phi) is 4.26. The minimum Gasteiger partial charge on any atom is -0.478 e. The highest BCUT2D eigenvalue weighted by molar-refractivity contribution is 5.94. The van der Waals surface area contributed by atoms with Gasteiger partial charge in [-0.05, 0) is 49.6 Å². The van der Waals surface area contributed by atoms with E-state index in [0.717, 1.165) is 11.1 Å². The highest BCUT2D eigenvalue weighted by Gasteiger charge is 2.10. The smallest absolute Gasteiger partial charge is 0.337 e. The molecule has 2 N–H and O–H groups in total. The van der Waals surface area contributed by atoms with Gasteiger partial charge in [-0.15, -0.1) is 0 Å². The fraction of sp³-hybridized carbons (Fsp3) is 0.235. The molecule has 0 aliphatic carbocycles. The number of aromatic carboxylic acids is 1. The highest BCUT2D eigenvalue weighted by Crippen LogP contribution is 2.20. The van der Waals surface area contributed by atoms with Crippen molar-refractivity contribution in [3.63, 3.8) is 0 Å². The van der Waals surface area contributed by atoms with Crippen molar-refractivity contribution in [1.82, 2.24) is 0 Å². The Morgan fingerprint density at radius 1 is 1.14 bits per heavy atom. The van der Waals surface area contributed by atoms with E-state index in [4.69, 9.17) is 0 Å². The van der Waals surface area contributed by atoms with Crippen LogP contribution in [0.3, 0.4) is 0 Å². The maximum absolute atomic E-state index is 13.6. The van der Waals surface area contributed by atoms with Gasteiger partial charge in [-0.1, -0.05) is 23.8 Å². The zero-order valence-electron chi connectivity index (χ0n) is 12.3. The molecule has 0 saturated heterocycles. The SMILES string of the molecule is Cc1ccc(NCc2cc(C)c(F)c(C)c2)c(C(=O)O)c1. The van der Waals surface area contributed by atoms with Gasteiger partial charge in [-0.3, -0.25) is 0 Å². The molecule has 0 fully saturated rings. The molecule has 0 aliphatic rings. The average molecular weight is 287 g/mol. The minimum absolute atomic E-state index is 0.194. The van der Waals surface area contributed by atoms with Gasteiger partial charge in [0.2, 0.25) is 0 Å². The molecule has 0 amide bonds. The van der Waals surface area contributed by atoms with Gasteiger partial charge in [-0.2, -0.15) is 0 Å². The lowest BCUT2D eigenvalue weighted by molar-refractivity contribution is 0.0698. The van der Waals surface area contributed by atoms with Gasteiger partial charge >= 0.3 is 5.97 Å². The van der Waals surface area contributed by atoms with Crippen LogP contribution in [-0.2, 0) is 6.54 Å². The van der Waals surface area contributed by atoms with Crippen LogP contribution >= 0.6 is 0 Å². The van der Waals surface area contributed by atoms with Crippen LogP contribution in [0.25, 0.3) is 0 Å². The van der Waals surface area contributed by atoms with Crippen molar-refractivity contribution in [3.8, 4) is 0 Å². The lowest BCUT2D eigenvalue weighted by Crippen LogP contribution is -2.07. The Morgan fingerprint density at radius 3 is 2.33 bits per heavy atom. The van der Waals surface area contributed by atoms with Gasteiger partial charge in [0.05, 0.1) is 5.56 Å². The number of rotatable bonds is 4. The number of hydrogen-bond acceptors (Lipinski definition) is 2. The fourth-order valence-electron chi connectivity index (χ4n) is 2.32. The van der Waals surface area contributed by atoms with E-state index in [1.807, 2.05) is 13.0 Å². The number of hydrogen-bond donors (Lipinski definition) is 2. The van der Waals surface area contributed by atoms with E-state index in [2.05, 4.69) is 5.32 Å². The third-order valence-corrected chi connectivity index (χ3v) is 3.38. The summed E-state index contributed by atoms with van der Waals surface area (Å²) in [6.45, 7) is 5.75. The lowest BCUT2D eigenvalue weighted by atomic mass is 10.1. The summed E-state index contributed by atoms with van der Waals surface area (Å²) in [4.78, 5) is 11.2. The Bertz CT molecular complexity index is 672. The standard InChI is InChI=1S/C17H18FNO2/c1-10-4-5-15(14(6-10)17(20)21)19-9-13-7-11(2)16(18)12(3)8-13/h4-8,19H,9H2,1-3H3,(H,20,21). The largest absolute Gasteiger partial charge is 0.478 e. The first-order chi connectivity index (χ1) is 9.88. The average Bonchev–Trinajstić information content (AvgIpc) is 2.43. The number of carbonyl (C=O) groups is 1. The number of aryl methyl sites for hydroxylation is 3. The van der Waals surface area contributed by atoms with E-state index in [1.165, 1.54) is 0 Å². The first-order valence-corrected chi connectivity index (χ1v) is 6.72. The molecule has 21 heavy (non-hydrogen) atoms. The molecular weight excluding hydrogens is 269 g/mol. The van der Waals surface area contributed by atoms with Crippen LogP contribution < -0.4 is 5.32 Å². The van der Waals surface area contributed by atoms with E-state index < -0.39 is 5.97 Å². The van der Waals surface area contributed by atoms with Crippen molar-refractivity contribution in [2.45, 2.75) is 27.3 Å². The van der Waals surface area contributed by atoms with E-state index in [0.29, 0.717) is 23.4 Å². The predicted octanol–water partition coefficient (Wildman–Crippen LogP) is 4.06. The molecule has 2 aromatic carbocycles. The molecule has 0 aromatic heterocycles. The normalized spacial score (nSPS) is 10.5. The Balaban J connectivity index is 2.22. The fourth-order valence-corrected chi connectivity index (χ4v) is 2.32. The third kappa shape index (κ3) is 3.40. The number of benzene rings is 2. The van der Waals surface area contributed by atoms with Crippen LogP contribution in [0.4, 0.5) is 10.1 Å². The quantitative estimate of drug-likeness (QED) is 0.891. The molecule has 2 rings (SSSR count).